The molecule has 1 aliphatic rings. The van der Waals surface area contributed by atoms with E-state index in [4.69, 9.17) is 17.0 Å². The number of hydrogen-bond donors (Lipinski definition) is 0. The van der Waals surface area contributed by atoms with Crippen molar-refractivity contribution >= 4 is 17.4 Å². The number of aryl methyl sites for hydroxylation is 1. The lowest BCUT2D eigenvalue weighted by Gasteiger charge is -2.22. The molecule has 1 atom stereocenters. The van der Waals surface area contributed by atoms with Crippen LogP contribution in [0.1, 0.15) is 24.5 Å². The van der Waals surface area contributed by atoms with Crippen LogP contribution in [0.25, 0.3) is 0 Å². The largest absolute Gasteiger partial charge is 0.432 e. The molecule has 0 N–H and O–H groups in total. The third kappa shape index (κ3) is 2.97. The molecule has 1 unspecified atom stereocenters. The molecule has 0 aromatic heterocycles. The minimum absolute atomic E-state index is 0.508. The van der Waals surface area contributed by atoms with Crippen LogP contribution in [0.15, 0.2) is 18.2 Å². The third-order valence-corrected chi connectivity index (χ3v) is 3.67. The predicted molar refractivity (Wildman–Crippen MR) is 74.5 cm³/mol. The van der Waals surface area contributed by atoms with Crippen molar-refractivity contribution in [3.05, 3.63) is 29.3 Å². The van der Waals surface area contributed by atoms with Crippen molar-refractivity contribution in [1.82, 2.24) is 4.90 Å². The van der Waals surface area contributed by atoms with Gasteiger partial charge >= 0.3 is 0 Å². The van der Waals surface area contributed by atoms with Gasteiger partial charge in [-0.2, -0.15) is 0 Å². The summed E-state index contributed by atoms with van der Waals surface area (Å²) >= 11 is 5.14. The SMILES string of the molecule is CC1CCc2ccc(OC(=S)N(C)C)cc2C1. The van der Waals surface area contributed by atoms with E-state index in [1.54, 1.807) is 4.90 Å². The van der Waals surface area contributed by atoms with Crippen LogP contribution in [0, 0.1) is 5.92 Å². The van der Waals surface area contributed by atoms with Gasteiger partial charge in [-0.25, -0.2) is 0 Å². The molecule has 17 heavy (non-hydrogen) atoms. The van der Waals surface area contributed by atoms with Crippen LogP contribution in [0.4, 0.5) is 0 Å². The number of ether oxygens (including phenoxy) is 1. The van der Waals surface area contributed by atoms with Gasteiger partial charge in [0, 0.05) is 14.1 Å². The molecule has 1 aliphatic carbocycles. The lowest BCUT2D eigenvalue weighted by Crippen LogP contribution is -2.25. The number of thiocarbonyl (C=S) groups is 1. The van der Waals surface area contributed by atoms with E-state index in [0.717, 1.165) is 18.1 Å². The van der Waals surface area contributed by atoms with Crippen LogP contribution in [0.3, 0.4) is 0 Å². The molecule has 0 bridgehead atoms. The van der Waals surface area contributed by atoms with Crippen molar-refractivity contribution in [2.75, 3.05) is 14.1 Å². The Kier molecular flexibility index (Phi) is 3.67. The zero-order chi connectivity index (χ0) is 12.4. The number of rotatable bonds is 1. The summed E-state index contributed by atoms with van der Waals surface area (Å²) in [5, 5.41) is 0.508. The highest BCUT2D eigenvalue weighted by Gasteiger charge is 2.16. The van der Waals surface area contributed by atoms with Gasteiger partial charge in [0.2, 0.25) is 0 Å². The number of hydrogen-bond acceptors (Lipinski definition) is 2. The van der Waals surface area contributed by atoms with Crippen molar-refractivity contribution in [1.29, 1.82) is 0 Å². The maximum atomic E-state index is 5.63. The molecule has 0 amide bonds. The van der Waals surface area contributed by atoms with Crippen molar-refractivity contribution in [3.63, 3.8) is 0 Å². The Bertz CT molecular complexity index is 428. The molecule has 0 saturated carbocycles. The fourth-order valence-electron chi connectivity index (χ4n) is 2.17. The Hall–Kier alpha value is -1.09. The van der Waals surface area contributed by atoms with Gasteiger partial charge in [-0.3, -0.25) is 0 Å². The van der Waals surface area contributed by atoms with Crippen LogP contribution in [-0.4, -0.2) is 24.2 Å². The molecule has 2 rings (SSSR count). The van der Waals surface area contributed by atoms with Crippen molar-refractivity contribution in [2.24, 2.45) is 5.92 Å². The van der Waals surface area contributed by atoms with Gasteiger partial charge in [0.15, 0.2) is 0 Å². The van der Waals surface area contributed by atoms with Crippen LogP contribution >= 0.6 is 12.2 Å². The second-order valence-electron chi connectivity index (χ2n) is 5.04. The van der Waals surface area contributed by atoms with Crippen molar-refractivity contribution in [3.8, 4) is 5.75 Å². The topological polar surface area (TPSA) is 12.5 Å². The van der Waals surface area contributed by atoms with E-state index >= 15 is 0 Å². The van der Waals surface area contributed by atoms with Crippen LogP contribution in [0.5, 0.6) is 5.75 Å². The van der Waals surface area contributed by atoms with Gasteiger partial charge in [0.1, 0.15) is 5.75 Å². The summed E-state index contributed by atoms with van der Waals surface area (Å²) in [6.45, 7) is 2.31. The quantitative estimate of drug-likeness (QED) is 0.710. The second kappa shape index (κ2) is 5.05. The fourth-order valence-corrected chi connectivity index (χ4v) is 2.27. The highest BCUT2D eigenvalue weighted by atomic mass is 32.1. The Labute approximate surface area is 109 Å². The second-order valence-corrected chi connectivity index (χ2v) is 5.39. The van der Waals surface area contributed by atoms with Gasteiger partial charge in [-0.1, -0.05) is 13.0 Å². The Morgan fingerprint density at radius 1 is 1.35 bits per heavy atom. The summed E-state index contributed by atoms with van der Waals surface area (Å²) in [6, 6.07) is 6.33. The molecule has 0 aliphatic heterocycles. The lowest BCUT2D eigenvalue weighted by atomic mass is 9.85. The monoisotopic (exact) mass is 249 g/mol. The summed E-state index contributed by atoms with van der Waals surface area (Å²) in [6.07, 6.45) is 3.64. The molecule has 0 radical (unpaired) electrons. The first-order chi connectivity index (χ1) is 8.06. The van der Waals surface area contributed by atoms with Gasteiger partial charge in [0.25, 0.3) is 5.17 Å². The van der Waals surface area contributed by atoms with Gasteiger partial charge in [-0.05, 0) is 60.7 Å². The maximum Gasteiger partial charge on any atom is 0.264 e. The predicted octanol–water partition coefficient (Wildman–Crippen LogP) is 3.04. The number of benzene rings is 1. The van der Waals surface area contributed by atoms with Gasteiger partial charge < -0.3 is 9.64 Å². The van der Waals surface area contributed by atoms with E-state index in [1.807, 2.05) is 20.2 Å². The van der Waals surface area contributed by atoms with Gasteiger partial charge in [-0.15, -0.1) is 0 Å². The minimum Gasteiger partial charge on any atom is -0.432 e. The summed E-state index contributed by atoms with van der Waals surface area (Å²) < 4.78 is 5.63. The first-order valence-corrected chi connectivity index (χ1v) is 6.48. The van der Waals surface area contributed by atoms with E-state index in [0.29, 0.717) is 5.17 Å². The van der Waals surface area contributed by atoms with Crippen LogP contribution < -0.4 is 4.74 Å². The van der Waals surface area contributed by atoms with E-state index in [9.17, 15) is 0 Å². The van der Waals surface area contributed by atoms with Crippen molar-refractivity contribution < 1.29 is 4.74 Å². The number of nitrogens with zero attached hydrogens (tertiary/aromatic N) is 1. The van der Waals surface area contributed by atoms with Crippen LogP contribution in [-0.2, 0) is 12.8 Å². The fraction of sp³-hybridized carbons (Fsp3) is 0.500. The average molecular weight is 249 g/mol. The van der Waals surface area contributed by atoms with E-state index < -0.39 is 0 Å². The van der Waals surface area contributed by atoms with E-state index in [2.05, 4.69) is 19.1 Å². The van der Waals surface area contributed by atoms with Crippen LogP contribution in [0.2, 0.25) is 0 Å². The number of fused-ring (bicyclic) bond motifs is 1. The average Bonchev–Trinajstić information content (AvgIpc) is 2.28. The molecule has 3 heteroatoms. The Morgan fingerprint density at radius 2 is 2.12 bits per heavy atom. The van der Waals surface area contributed by atoms with E-state index in [-0.39, 0.29) is 0 Å². The maximum absolute atomic E-state index is 5.63. The highest BCUT2D eigenvalue weighted by molar-refractivity contribution is 7.80. The standard InChI is InChI=1S/C14H19NOS/c1-10-4-5-11-6-7-13(9-12(11)8-10)16-14(17)15(2)3/h6-7,9-10H,4-5,8H2,1-3H3. The Morgan fingerprint density at radius 3 is 2.82 bits per heavy atom. The summed E-state index contributed by atoms with van der Waals surface area (Å²) in [4.78, 5) is 1.80. The molecular weight excluding hydrogens is 230 g/mol. The smallest absolute Gasteiger partial charge is 0.264 e. The molecule has 1 aromatic carbocycles. The zero-order valence-electron chi connectivity index (χ0n) is 10.7. The Balaban J connectivity index is 2.15. The first-order valence-electron chi connectivity index (χ1n) is 6.07. The first kappa shape index (κ1) is 12.4. The van der Waals surface area contributed by atoms with Crippen molar-refractivity contribution in [2.45, 2.75) is 26.2 Å². The molecule has 1 aromatic rings. The molecule has 92 valence electrons. The molecule has 0 heterocycles. The molecule has 0 fully saturated rings. The normalized spacial score (nSPS) is 18.4. The third-order valence-electron chi connectivity index (χ3n) is 3.22. The zero-order valence-corrected chi connectivity index (χ0v) is 11.5. The molecule has 0 spiro atoms. The minimum atomic E-state index is 0.508. The van der Waals surface area contributed by atoms with Gasteiger partial charge in [0.05, 0.1) is 0 Å². The summed E-state index contributed by atoms with van der Waals surface area (Å²) in [5.41, 5.74) is 2.88. The molecular formula is C14H19NOS. The van der Waals surface area contributed by atoms with E-state index in [1.165, 1.54) is 24.0 Å². The molecule has 2 nitrogen and oxygen atoms in total. The highest BCUT2D eigenvalue weighted by Crippen LogP contribution is 2.28. The molecule has 0 saturated heterocycles. The summed E-state index contributed by atoms with van der Waals surface area (Å²) in [5.74, 6) is 1.63. The summed E-state index contributed by atoms with van der Waals surface area (Å²) in [7, 11) is 3.78. The lowest BCUT2D eigenvalue weighted by molar-refractivity contribution is 0.446.